The van der Waals surface area contributed by atoms with Gasteiger partial charge in [-0.1, -0.05) is 48.5 Å². The third-order valence-electron chi connectivity index (χ3n) is 6.00. The molecule has 4 aromatic rings. The van der Waals surface area contributed by atoms with E-state index in [9.17, 15) is 4.79 Å². The predicted octanol–water partition coefficient (Wildman–Crippen LogP) is 4.58. The zero-order valence-corrected chi connectivity index (χ0v) is 17.5. The fourth-order valence-corrected chi connectivity index (χ4v) is 4.42. The predicted molar refractivity (Wildman–Crippen MR) is 120 cm³/mol. The average Bonchev–Trinajstić information content (AvgIpc) is 3.47. The molecule has 1 fully saturated rings. The van der Waals surface area contributed by atoms with Gasteiger partial charge in [0, 0.05) is 23.1 Å². The SMILES string of the molecule is O=C1Oc2nc3c(cc2CN1CC1CCCO1)c(-c1ccccc1)nn3-c1ccccc1. The van der Waals surface area contributed by atoms with Crippen LogP contribution >= 0.6 is 0 Å². The minimum absolute atomic E-state index is 0.0708. The number of carbonyl (C=O) groups excluding carboxylic acids is 1. The molecule has 2 aliphatic heterocycles. The van der Waals surface area contributed by atoms with Crippen molar-refractivity contribution in [3.63, 3.8) is 0 Å². The van der Waals surface area contributed by atoms with Gasteiger partial charge in [0.05, 0.1) is 24.9 Å². The van der Waals surface area contributed by atoms with Gasteiger partial charge in [0.25, 0.3) is 0 Å². The molecule has 1 amide bonds. The van der Waals surface area contributed by atoms with Crippen LogP contribution in [0.2, 0.25) is 0 Å². The molecule has 160 valence electrons. The number of para-hydroxylation sites is 1. The van der Waals surface area contributed by atoms with Crippen LogP contribution in [0.5, 0.6) is 5.88 Å². The quantitative estimate of drug-likeness (QED) is 0.478. The Morgan fingerprint density at radius 1 is 1.03 bits per heavy atom. The fourth-order valence-electron chi connectivity index (χ4n) is 4.42. The van der Waals surface area contributed by atoms with E-state index < -0.39 is 0 Å². The van der Waals surface area contributed by atoms with Gasteiger partial charge in [-0.15, -0.1) is 0 Å². The zero-order valence-electron chi connectivity index (χ0n) is 17.5. The third kappa shape index (κ3) is 3.31. The minimum atomic E-state index is -0.381. The monoisotopic (exact) mass is 426 g/mol. The highest BCUT2D eigenvalue weighted by Crippen LogP contribution is 2.34. The van der Waals surface area contributed by atoms with Crippen molar-refractivity contribution in [1.29, 1.82) is 0 Å². The van der Waals surface area contributed by atoms with Gasteiger partial charge in [0.2, 0.25) is 5.88 Å². The molecule has 0 aliphatic carbocycles. The topological polar surface area (TPSA) is 69.5 Å². The summed E-state index contributed by atoms with van der Waals surface area (Å²) in [7, 11) is 0. The van der Waals surface area contributed by atoms with Gasteiger partial charge in [-0.2, -0.15) is 10.1 Å². The Morgan fingerprint density at radius 2 is 1.81 bits per heavy atom. The van der Waals surface area contributed by atoms with Gasteiger partial charge in [-0.3, -0.25) is 0 Å². The summed E-state index contributed by atoms with van der Waals surface area (Å²) in [5.74, 6) is 0.350. The molecule has 0 N–H and O–H groups in total. The van der Waals surface area contributed by atoms with Gasteiger partial charge < -0.3 is 14.4 Å². The van der Waals surface area contributed by atoms with E-state index in [4.69, 9.17) is 19.6 Å². The van der Waals surface area contributed by atoms with E-state index in [1.807, 2.05) is 65.3 Å². The van der Waals surface area contributed by atoms with Gasteiger partial charge in [-0.05, 0) is 31.0 Å². The molecule has 6 rings (SSSR count). The van der Waals surface area contributed by atoms with Crippen LogP contribution in [0.25, 0.3) is 28.0 Å². The summed E-state index contributed by atoms with van der Waals surface area (Å²) in [5, 5.41) is 5.83. The highest BCUT2D eigenvalue weighted by Gasteiger charge is 2.31. The molecular weight excluding hydrogens is 404 g/mol. The molecule has 4 heterocycles. The van der Waals surface area contributed by atoms with Gasteiger partial charge in [-0.25, -0.2) is 9.48 Å². The highest BCUT2D eigenvalue weighted by molar-refractivity contribution is 5.93. The van der Waals surface area contributed by atoms with E-state index >= 15 is 0 Å². The molecule has 1 unspecified atom stereocenters. The Kier molecular flexibility index (Phi) is 4.61. The largest absolute Gasteiger partial charge is 0.416 e. The number of carbonyl (C=O) groups is 1. The average molecular weight is 426 g/mol. The zero-order chi connectivity index (χ0) is 21.5. The van der Waals surface area contributed by atoms with Crippen LogP contribution in [0.4, 0.5) is 4.79 Å². The first-order valence-corrected chi connectivity index (χ1v) is 10.9. The summed E-state index contributed by atoms with van der Waals surface area (Å²) in [6, 6.07) is 22.0. The lowest BCUT2D eigenvalue weighted by Crippen LogP contribution is -2.41. The number of fused-ring (bicyclic) bond motifs is 2. The second kappa shape index (κ2) is 7.76. The number of nitrogens with zero attached hydrogens (tertiary/aromatic N) is 4. The molecule has 1 saturated heterocycles. The Morgan fingerprint density at radius 3 is 2.56 bits per heavy atom. The lowest BCUT2D eigenvalue weighted by Gasteiger charge is -2.29. The first kappa shape index (κ1) is 19.0. The number of amides is 1. The van der Waals surface area contributed by atoms with Gasteiger partial charge in [0.15, 0.2) is 5.65 Å². The van der Waals surface area contributed by atoms with Crippen molar-refractivity contribution >= 4 is 17.1 Å². The maximum atomic E-state index is 12.6. The number of rotatable bonds is 4. The Bertz CT molecular complexity index is 1280. The number of benzene rings is 2. The summed E-state index contributed by atoms with van der Waals surface area (Å²) >= 11 is 0. The van der Waals surface area contributed by atoms with E-state index in [0.717, 1.165) is 47.3 Å². The van der Waals surface area contributed by atoms with Crippen molar-refractivity contribution in [2.45, 2.75) is 25.5 Å². The third-order valence-corrected chi connectivity index (χ3v) is 6.00. The number of hydrogen-bond acceptors (Lipinski definition) is 5. The molecule has 0 radical (unpaired) electrons. The molecule has 32 heavy (non-hydrogen) atoms. The maximum Gasteiger partial charge on any atom is 0.416 e. The van der Waals surface area contributed by atoms with Crippen LogP contribution in [0, 0.1) is 0 Å². The number of aromatic nitrogens is 3. The molecule has 7 nitrogen and oxygen atoms in total. The van der Waals surface area contributed by atoms with Crippen LogP contribution in [-0.4, -0.2) is 45.0 Å². The first-order valence-electron chi connectivity index (χ1n) is 10.9. The second-order valence-electron chi connectivity index (χ2n) is 8.17. The summed E-state index contributed by atoms with van der Waals surface area (Å²) in [4.78, 5) is 19.1. The Hall–Kier alpha value is -3.71. The van der Waals surface area contributed by atoms with Crippen LogP contribution in [0.3, 0.4) is 0 Å². The van der Waals surface area contributed by atoms with Gasteiger partial charge >= 0.3 is 6.09 Å². The summed E-state index contributed by atoms with van der Waals surface area (Å²) in [6.45, 7) is 1.73. The van der Waals surface area contributed by atoms with E-state index in [1.165, 1.54) is 0 Å². The van der Waals surface area contributed by atoms with Crippen LogP contribution in [0.1, 0.15) is 18.4 Å². The van der Waals surface area contributed by atoms with Gasteiger partial charge in [0.1, 0.15) is 5.69 Å². The lowest BCUT2D eigenvalue weighted by molar-refractivity contribution is 0.0641. The van der Waals surface area contributed by atoms with E-state index in [2.05, 4.69) is 6.07 Å². The van der Waals surface area contributed by atoms with Crippen molar-refractivity contribution in [1.82, 2.24) is 19.7 Å². The number of hydrogen-bond donors (Lipinski definition) is 0. The standard InChI is InChI=1S/C25H22N4O3/c30-25-28(16-20-12-7-13-31-20)15-18-14-21-22(17-8-3-1-4-9-17)27-29(19-10-5-2-6-11-19)23(21)26-24(18)32-25/h1-6,8-11,14,20H,7,12-13,15-16H2. The summed E-state index contributed by atoms with van der Waals surface area (Å²) in [6.07, 6.45) is 1.69. The highest BCUT2D eigenvalue weighted by atomic mass is 16.6. The minimum Gasteiger partial charge on any atom is -0.391 e. The molecule has 0 saturated carbocycles. The van der Waals surface area contributed by atoms with Crippen molar-refractivity contribution < 1.29 is 14.3 Å². The van der Waals surface area contributed by atoms with Crippen LogP contribution in [0.15, 0.2) is 66.7 Å². The second-order valence-corrected chi connectivity index (χ2v) is 8.17. The Labute approximate surface area is 185 Å². The van der Waals surface area contributed by atoms with Crippen molar-refractivity contribution in [2.75, 3.05) is 13.2 Å². The van der Waals surface area contributed by atoms with Crippen molar-refractivity contribution in [3.05, 3.63) is 72.3 Å². The molecule has 0 spiro atoms. The molecule has 0 bridgehead atoms. The van der Waals surface area contributed by atoms with E-state index in [-0.39, 0.29) is 12.2 Å². The number of ether oxygens (including phenoxy) is 2. The van der Waals surface area contributed by atoms with Crippen LogP contribution < -0.4 is 4.74 Å². The van der Waals surface area contributed by atoms with Crippen LogP contribution in [-0.2, 0) is 11.3 Å². The summed E-state index contributed by atoms with van der Waals surface area (Å²) < 4.78 is 13.2. The van der Waals surface area contributed by atoms with E-state index in [0.29, 0.717) is 24.6 Å². The molecule has 2 aliphatic rings. The van der Waals surface area contributed by atoms with Crippen molar-refractivity contribution in [3.8, 4) is 22.8 Å². The normalized spacial score (nSPS) is 18.1. The lowest BCUT2D eigenvalue weighted by atomic mass is 10.1. The molecular formula is C25H22N4O3. The maximum absolute atomic E-state index is 12.6. The molecule has 7 heteroatoms. The molecule has 2 aromatic carbocycles. The Balaban J connectivity index is 1.47. The summed E-state index contributed by atoms with van der Waals surface area (Å²) in [5.41, 5.74) is 4.30. The number of pyridine rings is 1. The van der Waals surface area contributed by atoms with Crippen molar-refractivity contribution in [2.24, 2.45) is 0 Å². The fraction of sp³-hybridized carbons (Fsp3) is 0.240. The molecule has 2 aromatic heterocycles. The first-order chi connectivity index (χ1) is 15.8. The van der Waals surface area contributed by atoms with E-state index in [1.54, 1.807) is 4.90 Å². The smallest absolute Gasteiger partial charge is 0.391 e. The molecule has 1 atom stereocenters.